The minimum absolute atomic E-state index is 0.0891. The fraction of sp³-hybridized carbons (Fsp3) is 0.278. The molecule has 0 saturated carbocycles. The lowest BCUT2D eigenvalue weighted by Gasteiger charge is -2.13. The molecule has 1 saturated heterocycles. The highest BCUT2D eigenvalue weighted by Gasteiger charge is 2.39. The number of nitrogens with zero attached hydrogens (tertiary/aromatic N) is 1. The van der Waals surface area contributed by atoms with Crippen LogP contribution in [0.4, 0.5) is 4.79 Å². The maximum atomic E-state index is 12.5. The van der Waals surface area contributed by atoms with Gasteiger partial charge in [-0.1, -0.05) is 6.07 Å². The zero-order chi connectivity index (χ0) is 18.8. The van der Waals surface area contributed by atoms with Crippen LogP contribution in [-0.2, 0) is 22.7 Å². The number of amides is 4. The number of carbonyl (C=O) groups excluding carboxylic acids is 3. The van der Waals surface area contributed by atoms with Crippen molar-refractivity contribution in [3.8, 4) is 11.5 Å². The van der Waals surface area contributed by atoms with Crippen molar-refractivity contribution in [3.05, 3.63) is 47.9 Å². The standard InChI is InChI=1S/C18H17N3O6/c22-16(19-8-12-2-1-5-25-12)7-13-17(23)21(18(24)20-13)9-11-3-4-14-15(6-11)27-10-26-14/h1-6,13H,7-10H2,(H,19,22)(H,20,24)/t13-/m1/s1. The Labute approximate surface area is 154 Å². The molecule has 0 spiro atoms. The van der Waals surface area contributed by atoms with Crippen LogP contribution < -0.4 is 20.1 Å². The number of urea groups is 1. The van der Waals surface area contributed by atoms with Crippen LogP contribution >= 0.6 is 0 Å². The summed E-state index contributed by atoms with van der Waals surface area (Å²) in [4.78, 5) is 37.8. The molecule has 0 unspecified atom stereocenters. The Hall–Kier alpha value is -3.49. The second-order valence-corrected chi connectivity index (χ2v) is 6.17. The number of benzene rings is 1. The zero-order valence-corrected chi connectivity index (χ0v) is 14.3. The van der Waals surface area contributed by atoms with Crippen LogP contribution in [-0.4, -0.2) is 35.6 Å². The van der Waals surface area contributed by atoms with Crippen LogP contribution in [0.3, 0.4) is 0 Å². The number of furan rings is 1. The monoisotopic (exact) mass is 371 g/mol. The van der Waals surface area contributed by atoms with E-state index in [1.54, 1.807) is 30.3 Å². The van der Waals surface area contributed by atoms with E-state index in [2.05, 4.69) is 10.6 Å². The maximum absolute atomic E-state index is 12.5. The van der Waals surface area contributed by atoms with E-state index >= 15 is 0 Å². The van der Waals surface area contributed by atoms with Crippen molar-refractivity contribution in [2.75, 3.05) is 6.79 Å². The predicted molar refractivity (Wildman–Crippen MR) is 90.6 cm³/mol. The van der Waals surface area contributed by atoms with Crippen LogP contribution in [0.1, 0.15) is 17.7 Å². The van der Waals surface area contributed by atoms with Crippen molar-refractivity contribution in [1.29, 1.82) is 0 Å². The first-order valence-corrected chi connectivity index (χ1v) is 8.39. The van der Waals surface area contributed by atoms with Crippen molar-refractivity contribution < 1.29 is 28.3 Å². The number of imide groups is 1. The van der Waals surface area contributed by atoms with Gasteiger partial charge in [0.05, 0.1) is 25.8 Å². The summed E-state index contributed by atoms with van der Waals surface area (Å²) in [6.45, 7) is 0.463. The van der Waals surface area contributed by atoms with Gasteiger partial charge in [-0.25, -0.2) is 4.79 Å². The third kappa shape index (κ3) is 3.57. The van der Waals surface area contributed by atoms with Crippen LogP contribution in [0.25, 0.3) is 0 Å². The van der Waals surface area contributed by atoms with Gasteiger partial charge in [-0.15, -0.1) is 0 Å². The Morgan fingerprint density at radius 1 is 1.22 bits per heavy atom. The lowest BCUT2D eigenvalue weighted by Crippen LogP contribution is -2.36. The van der Waals surface area contributed by atoms with Gasteiger partial charge in [0, 0.05) is 0 Å². The average molecular weight is 371 g/mol. The van der Waals surface area contributed by atoms with Crippen molar-refractivity contribution in [2.24, 2.45) is 0 Å². The smallest absolute Gasteiger partial charge is 0.325 e. The van der Waals surface area contributed by atoms with Gasteiger partial charge >= 0.3 is 6.03 Å². The lowest BCUT2D eigenvalue weighted by atomic mass is 10.1. The molecular weight excluding hydrogens is 354 g/mol. The number of nitrogens with one attached hydrogen (secondary N) is 2. The van der Waals surface area contributed by atoms with Crippen LogP contribution in [0.5, 0.6) is 11.5 Å². The van der Waals surface area contributed by atoms with Gasteiger partial charge in [-0.3, -0.25) is 14.5 Å². The number of ether oxygens (including phenoxy) is 2. The quantitative estimate of drug-likeness (QED) is 0.737. The third-order valence-corrected chi connectivity index (χ3v) is 4.31. The molecule has 1 fully saturated rings. The Balaban J connectivity index is 1.34. The van der Waals surface area contributed by atoms with Crippen molar-refractivity contribution in [1.82, 2.24) is 15.5 Å². The van der Waals surface area contributed by atoms with Crippen LogP contribution in [0, 0.1) is 0 Å². The van der Waals surface area contributed by atoms with E-state index in [1.807, 2.05) is 0 Å². The molecule has 2 N–H and O–H groups in total. The minimum Gasteiger partial charge on any atom is -0.467 e. The molecule has 0 radical (unpaired) electrons. The molecule has 27 heavy (non-hydrogen) atoms. The van der Waals surface area contributed by atoms with Gasteiger partial charge in [0.15, 0.2) is 11.5 Å². The molecule has 9 nitrogen and oxygen atoms in total. The molecule has 3 heterocycles. The van der Waals surface area contributed by atoms with E-state index < -0.39 is 18.0 Å². The van der Waals surface area contributed by atoms with E-state index in [9.17, 15) is 14.4 Å². The van der Waals surface area contributed by atoms with Crippen LogP contribution in [0.2, 0.25) is 0 Å². The van der Waals surface area contributed by atoms with E-state index in [-0.39, 0.29) is 32.2 Å². The second kappa shape index (κ2) is 7.02. The fourth-order valence-electron chi connectivity index (χ4n) is 2.94. The molecule has 2 aliphatic rings. The van der Waals surface area contributed by atoms with Gasteiger partial charge < -0.3 is 24.5 Å². The molecule has 2 aromatic rings. The highest BCUT2D eigenvalue weighted by Crippen LogP contribution is 2.33. The number of rotatable bonds is 6. The Bertz CT molecular complexity index is 879. The highest BCUT2D eigenvalue weighted by molar-refractivity contribution is 6.05. The van der Waals surface area contributed by atoms with Crippen molar-refractivity contribution >= 4 is 17.8 Å². The topological polar surface area (TPSA) is 110 Å². The molecule has 2 aliphatic heterocycles. The number of hydrogen-bond acceptors (Lipinski definition) is 6. The minimum atomic E-state index is -0.886. The Morgan fingerprint density at radius 2 is 2.07 bits per heavy atom. The molecule has 140 valence electrons. The average Bonchev–Trinajstić information content (AvgIpc) is 3.38. The first kappa shape index (κ1) is 17.0. The molecule has 1 aromatic heterocycles. The highest BCUT2D eigenvalue weighted by atomic mass is 16.7. The fourth-order valence-corrected chi connectivity index (χ4v) is 2.94. The van der Waals surface area contributed by atoms with Gasteiger partial charge in [0.2, 0.25) is 12.7 Å². The first-order valence-electron chi connectivity index (χ1n) is 8.39. The maximum Gasteiger partial charge on any atom is 0.325 e. The molecule has 1 aromatic carbocycles. The predicted octanol–water partition coefficient (Wildman–Crippen LogP) is 1.14. The van der Waals surface area contributed by atoms with Gasteiger partial charge in [0.25, 0.3) is 5.91 Å². The largest absolute Gasteiger partial charge is 0.467 e. The van der Waals surface area contributed by atoms with Crippen molar-refractivity contribution in [2.45, 2.75) is 25.6 Å². The molecule has 1 atom stereocenters. The summed E-state index contributed by atoms with van der Waals surface area (Å²) in [6, 6.07) is 7.26. The summed E-state index contributed by atoms with van der Waals surface area (Å²) in [5, 5.41) is 5.20. The summed E-state index contributed by atoms with van der Waals surface area (Å²) < 4.78 is 15.7. The zero-order valence-electron chi connectivity index (χ0n) is 14.3. The van der Waals surface area contributed by atoms with Gasteiger partial charge in [-0.05, 0) is 29.8 Å². The summed E-state index contributed by atoms with van der Waals surface area (Å²) in [5.74, 6) is 1.02. The number of carbonyl (C=O) groups is 3. The van der Waals surface area contributed by atoms with E-state index in [4.69, 9.17) is 13.9 Å². The van der Waals surface area contributed by atoms with E-state index in [0.29, 0.717) is 17.3 Å². The molecule has 9 heteroatoms. The second-order valence-electron chi connectivity index (χ2n) is 6.17. The summed E-state index contributed by atoms with van der Waals surface area (Å²) in [6.07, 6.45) is 1.37. The summed E-state index contributed by atoms with van der Waals surface area (Å²) in [5.41, 5.74) is 0.727. The number of fused-ring (bicyclic) bond motifs is 1. The summed E-state index contributed by atoms with van der Waals surface area (Å²) in [7, 11) is 0. The van der Waals surface area contributed by atoms with E-state index in [1.165, 1.54) is 6.26 Å². The number of hydrogen-bond donors (Lipinski definition) is 2. The van der Waals surface area contributed by atoms with Crippen LogP contribution in [0.15, 0.2) is 41.0 Å². The summed E-state index contributed by atoms with van der Waals surface area (Å²) >= 11 is 0. The third-order valence-electron chi connectivity index (χ3n) is 4.31. The SMILES string of the molecule is O=C(C[C@H]1NC(=O)N(Cc2ccc3c(c2)OCO3)C1=O)NCc1ccco1. The molecule has 4 rings (SSSR count). The van der Waals surface area contributed by atoms with Crippen molar-refractivity contribution in [3.63, 3.8) is 0 Å². The first-order chi connectivity index (χ1) is 13.1. The molecule has 0 bridgehead atoms. The normalized spacial score (nSPS) is 17.9. The Kier molecular flexibility index (Phi) is 4.41. The Morgan fingerprint density at radius 3 is 2.89 bits per heavy atom. The van der Waals surface area contributed by atoms with Gasteiger partial charge in [-0.2, -0.15) is 0 Å². The van der Waals surface area contributed by atoms with E-state index in [0.717, 1.165) is 10.5 Å². The molecule has 0 aliphatic carbocycles. The molecule has 4 amide bonds. The van der Waals surface area contributed by atoms with Gasteiger partial charge in [0.1, 0.15) is 11.8 Å². The molecular formula is C18H17N3O6. The lowest BCUT2D eigenvalue weighted by molar-refractivity contribution is -0.131.